The van der Waals surface area contributed by atoms with Gasteiger partial charge >= 0.3 is 11.8 Å². The van der Waals surface area contributed by atoms with Gasteiger partial charge in [0.05, 0.1) is 0 Å². The van der Waals surface area contributed by atoms with E-state index < -0.39 is 11.8 Å². The molecule has 2 aromatic rings. The summed E-state index contributed by atoms with van der Waals surface area (Å²) in [4.78, 5) is 23.1. The van der Waals surface area contributed by atoms with Crippen LogP contribution in [0, 0.1) is 6.92 Å². The molecule has 1 heterocycles. The lowest BCUT2D eigenvalue weighted by atomic mass is 10.2. The molecular formula is C11H10ClN5O2. The largest absolute Gasteiger partial charge is 0.328 e. The minimum atomic E-state index is -0.837. The lowest BCUT2D eigenvalue weighted by molar-refractivity contribution is -0.133. The van der Waals surface area contributed by atoms with E-state index in [0.717, 1.165) is 5.56 Å². The van der Waals surface area contributed by atoms with E-state index in [0.29, 0.717) is 10.7 Å². The van der Waals surface area contributed by atoms with Crippen LogP contribution >= 0.6 is 11.6 Å². The third-order valence-corrected chi connectivity index (χ3v) is 2.69. The van der Waals surface area contributed by atoms with Crippen molar-refractivity contribution in [3.05, 3.63) is 41.4 Å². The molecule has 2 rings (SSSR count). The summed E-state index contributed by atoms with van der Waals surface area (Å²) in [6.45, 7) is 1.84. The average Bonchev–Trinajstić information content (AvgIpc) is 2.86. The predicted molar refractivity (Wildman–Crippen MR) is 69.2 cm³/mol. The van der Waals surface area contributed by atoms with Gasteiger partial charge in [-0.2, -0.15) is 0 Å². The normalized spacial score (nSPS) is 10.0. The fourth-order valence-electron chi connectivity index (χ4n) is 1.28. The van der Waals surface area contributed by atoms with Gasteiger partial charge in [0.2, 0.25) is 0 Å². The van der Waals surface area contributed by atoms with Crippen molar-refractivity contribution < 1.29 is 9.59 Å². The maximum absolute atomic E-state index is 11.6. The van der Waals surface area contributed by atoms with Crippen LogP contribution in [0.4, 0.5) is 5.69 Å². The molecule has 0 unspecified atom stereocenters. The Bertz CT molecular complexity index is 612. The van der Waals surface area contributed by atoms with Crippen molar-refractivity contribution >= 4 is 29.1 Å². The summed E-state index contributed by atoms with van der Waals surface area (Å²) in [7, 11) is 0. The number of amides is 2. The lowest BCUT2D eigenvalue weighted by Crippen LogP contribution is -2.33. The van der Waals surface area contributed by atoms with Gasteiger partial charge in [-0.1, -0.05) is 17.7 Å². The van der Waals surface area contributed by atoms with Crippen LogP contribution in [0.1, 0.15) is 5.56 Å². The maximum atomic E-state index is 11.6. The third kappa shape index (κ3) is 3.29. The number of anilines is 1. The first-order valence-corrected chi connectivity index (χ1v) is 5.67. The zero-order chi connectivity index (χ0) is 13.8. The van der Waals surface area contributed by atoms with E-state index in [9.17, 15) is 9.59 Å². The quantitative estimate of drug-likeness (QED) is 0.801. The van der Waals surface area contributed by atoms with Gasteiger partial charge < -0.3 is 5.32 Å². The van der Waals surface area contributed by atoms with Gasteiger partial charge in [-0.3, -0.25) is 15.0 Å². The van der Waals surface area contributed by atoms with Crippen molar-refractivity contribution in [1.82, 2.24) is 14.9 Å². The number of halogens is 1. The van der Waals surface area contributed by atoms with E-state index in [1.165, 1.54) is 17.3 Å². The molecule has 19 heavy (non-hydrogen) atoms. The molecule has 0 atom stereocenters. The predicted octanol–water partition coefficient (Wildman–Crippen LogP) is 0.949. The zero-order valence-corrected chi connectivity index (χ0v) is 10.7. The van der Waals surface area contributed by atoms with Crippen LogP contribution in [0.2, 0.25) is 5.02 Å². The van der Waals surface area contributed by atoms with E-state index in [1.807, 2.05) is 6.92 Å². The van der Waals surface area contributed by atoms with Crippen LogP contribution in [0.25, 0.3) is 0 Å². The standard InChI is InChI=1S/C11H10ClN5O2/c1-7-2-3-8(4-9(7)12)15-10(18)11(19)16-17-5-13-14-6-17/h2-6H,1H3,(H,15,18)(H,16,19). The summed E-state index contributed by atoms with van der Waals surface area (Å²) < 4.78 is 1.17. The van der Waals surface area contributed by atoms with E-state index in [2.05, 4.69) is 20.9 Å². The second-order valence-electron chi connectivity index (χ2n) is 3.73. The van der Waals surface area contributed by atoms with Crippen LogP contribution in [-0.4, -0.2) is 26.7 Å². The van der Waals surface area contributed by atoms with Crippen LogP contribution in [0.15, 0.2) is 30.9 Å². The number of nitrogens with zero attached hydrogens (tertiary/aromatic N) is 3. The van der Waals surface area contributed by atoms with Gasteiger partial charge in [-0.05, 0) is 24.6 Å². The molecule has 0 saturated carbocycles. The fraction of sp³-hybridized carbons (Fsp3) is 0.0909. The summed E-state index contributed by atoms with van der Waals surface area (Å²) in [5.74, 6) is -1.65. The highest BCUT2D eigenvalue weighted by Crippen LogP contribution is 2.19. The molecule has 2 N–H and O–H groups in total. The Morgan fingerprint density at radius 1 is 1.21 bits per heavy atom. The summed E-state index contributed by atoms with van der Waals surface area (Å²) in [5, 5.41) is 9.92. The molecule has 0 radical (unpaired) electrons. The Kier molecular flexibility index (Phi) is 3.76. The number of carbonyl (C=O) groups is 2. The number of benzene rings is 1. The fourth-order valence-corrected chi connectivity index (χ4v) is 1.47. The van der Waals surface area contributed by atoms with Crippen molar-refractivity contribution in [2.24, 2.45) is 0 Å². The molecule has 0 aliphatic rings. The SMILES string of the molecule is Cc1ccc(NC(=O)C(=O)Nn2cnnc2)cc1Cl. The third-order valence-electron chi connectivity index (χ3n) is 2.29. The second-order valence-corrected chi connectivity index (χ2v) is 4.14. The molecule has 2 amide bonds. The van der Waals surface area contributed by atoms with Crippen LogP contribution in [-0.2, 0) is 9.59 Å². The highest BCUT2D eigenvalue weighted by molar-refractivity contribution is 6.42. The summed E-state index contributed by atoms with van der Waals surface area (Å²) >= 11 is 5.92. The first-order valence-electron chi connectivity index (χ1n) is 5.29. The number of aromatic nitrogens is 3. The van der Waals surface area contributed by atoms with Gasteiger partial charge in [0, 0.05) is 10.7 Å². The first kappa shape index (κ1) is 13.0. The van der Waals surface area contributed by atoms with Crippen LogP contribution < -0.4 is 10.7 Å². The lowest BCUT2D eigenvalue weighted by Gasteiger charge is -2.07. The number of carbonyl (C=O) groups excluding carboxylic acids is 2. The molecule has 1 aromatic heterocycles. The summed E-state index contributed by atoms with van der Waals surface area (Å²) in [6.07, 6.45) is 2.52. The molecule has 1 aromatic carbocycles. The van der Waals surface area contributed by atoms with Crippen molar-refractivity contribution in [1.29, 1.82) is 0 Å². The Morgan fingerprint density at radius 3 is 2.53 bits per heavy atom. The highest BCUT2D eigenvalue weighted by Gasteiger charge is 2.14. The monoisotopic (exact) mass is 279 g/mol. The van der Waals surface area contributed by atoms with Gasteiger partial charge in [0.15, 0.2) is 0 Å². The van der Waals surface area contributed by atoms with Crippen LogP contribution in [0.5, 0.6) is 0 Å². The average molecular weight is 280 g/mol. The summed E-state index contributed by atoms with van der Waals surface area (Å²) in [5.41, 5.74) is 3.60. The smallest absolute Gasteiger partial charge is 0.318 e. The molecule has 0 saturated heterocycles. The molecule has 8 heteroatoms. The van der Waals surface area contributed by atoms with E-state index in [1.54, 1.807) is 18.2 Å². The topological polar surface area (TPSA) is 88.9 Å². The minimum absolute atomic E-state index is 0.444. The Morgan fingerprint density at radius 2 is 1.89 bits per heavy atom. The highest BCUT2D eigenvalue weighted by atomic mass is 35.5. The molecule has 98 valence electrons. The van der Waals surface area contributed by atoms with E-state index in [-0.39, 0.29) is 0 Å². The zero-order valence-electron chi connectivity index (χ0n) is 9.92. The summed E-state index contributed by atoms with van der Waals surface area (Å²) in [6, 6.07) is 4.97. The van der Waals surface area contributed by atoms with E-state index in [4.69, 9.17) is 11.6 Å². The van der Waals surface area contributed by atoms with Gasteiger partial charge in [0.1, 0.15) is 12.7 Å². The van der Waals surface area contributed by atoms with Crippen molar-refractivity contribution in [3.8, 4) is 0 Å². The van der Waals surface area contributed by atoms with E-state index >= 15 is 0 Å². The molecule has 0 bridgehead atoms. The van der Waals surface area contributed by atoms with Gasteiger partial charge in [-0.25, -0.2) is 4.68 Å². The first-order chi connectivity index (χ1) is 9.06. The van der Waals surface area contributed by atoms with Crippen molar-refractivity contribution in [2.45, 2.75) is 6.92 Å². The molecule has 0 fully saturated rings. The minimum Gasteiger partial charge on any atom is -0.318 e. The number of hydrogen-bond donors (Lipinski definition) is 2. The number of nitrogens with one attached hydrogen (secondary N) is 2. The number of rotatable bonds is 2. The molecule has 0 aliphatic carbocycles. The maximum Gasteiger partial charge on any atom is 0.328 e. The number of aryl methyl sites for hydroxylation is 1. The molecule has 0 aliphatic heterocycles. The van der Waals surface area contributed by atoms with Crippen LogP contribution in [0.3, 0.4) is 0 Å². The van der Waals surface area contributed by atoms with Gasteiger partial charge in [-0.15, -0.1) is 10.2 Å². The molecule has 7 nitrogen and oxygen atoms in total. The Hall–Kier alpha value is -2.41. The van der Waals surface area contributed by atoms with Crippen molar-refractivity contribution in [3.63, 3.8) is 0 Å². The number of hydrogen-bond acceptors (Lipinski definition) is 4. The van der Waals surface area contributed by atoms with Gasteiger partial charge in [0.25, 0.3) is 0 Å². The van der Waals surface area contributed by atoms with Crippen molar-refractivity contribution in [2.75, 3.05) is 10.7 Å². The second kappa shape index (κ2) is 5.49. The molecule has 0 spiro atoms. The Balaban J connectivity index is 2.00. The Labute approximate surface area is 113 Å². The molecular weight excluding hydrogens is 270 g/mol.